The Labute approximate surface area is 110 Å². The number of fused-ring (bicyclic) bond motifs is 1. The molecular formula is C15H12ClFO. The maximum atomic E-state index is 13.8. The highest BCUT2D eigenvalue weighted by Gasteiger charge is 2.32. The molecule has 0 saturated heterocycles. The minimum Gasteiger partial charge on any atom is -0.388 e. The van der Waals surface area contributed by atoms with Crippen LogP contribution in [0.1, 0.15) is 35.1 Å². The minimum absolute atomic E-state index is 0.116. The van der Waals surface area contributed by atoms with Crippen LogP contribution >= 0.6 is 11.6 Å². The van der Waals surface area contributed by atoms with Gasteiger partial charge in [0.25, 0.3) is 0 Å². The molecule has 0 fully saturated rings. The Hall–Kier alpha value is -1.38. The predicted octanol–water partition coefficient (Wildman–Crippen LogP) is 4.05. The maximum Gasteiger partial charge on any atom is 0.127 e. The van der Waals surface area contributed by atoms with E-state index in [1.807, 2.05) is 18.2 Å². The van der Waals surface area contributed by atoms with Gasteiger partial charge in [0.15, 0.2) is 0 Å². The predicted molar refractivity (Wildman–Crippen MR) is 69.3 cm³/mol. The lowest BCUT2D eigenvalue weighted by Gasteiger charge is -2.12. The number of benzene rings is 2. The second-order valence-electron chi connectivity index (χ2n) is 4.60. The third-order valence-electron chi connectivity index (χ3n) is 3.52. The van der Waals surface area contributed by atoms with E-state index >= 15 is 0 Å². The van der Waals surface area contributed by atoms with Crippen molar-refractivity contribution in [3.05, 3.63) is 70.0 Å². The molecule has 2 aromatic carbocycles. The smallest absolute Gasteiger partial charge is 0.127 e. The summed E-state index contributed by atoms with van der Waals surface area (Å²) in [4.78, 5) is 0. The van der Waals surface area contributed by atoms with Crippen molar-refractivity contribution >= 4 is 11.6 Å². The van der Waals surface area contributed by atoms with Crippen LogP contribution in [0.3, 0.4) is 0 Å². The van der Waals surface area contributed by atoms with Crippen LogP contribution in [0.4, 0.5) is 4.39 Å². The number of aliphatic hydroxyl groups is 1. The van der Waals surface area contributed by atoms with Crippen molar-refractivity contribution in [1.82, 2.24) is 0 Å². The van der Waals surface area contributed by atoms with Gasteiger partial charge < -0.3 is 5.11 Å². The monoisotopic (exact) mass is 262 g/mol. The van der Waals surface area contributed by atoms with Gasteiger partial charge in [-0.15, -0.1) is 0 Å². The van der Waals surface area contributed by atoms with Gasteiger partial charge in [-0.25, -0.2) is 4.39 Å². The Kier molecular flexibility index (Phi) is 2.84. The molecular weight excluding hydrogens is 251 g/mol. The number of hydrogen-bond donors (Lipinski definition) is 1. The topological polar surface area (TPSA) is 20.2 Å². The van der Waals surface area contributed by atoms with Gasteiger partial charge in [0.2, 0.25) is 0 Å². The SMILES string of the molecule is O[C@@H]1C[C@H](c2ccccc2F)c2cc(Cl)ccc21. The van der Waals surface area contributed by atoms with Gasteiger partial charge in [-0.3, -0.25) is 0 Å². The van der Waals surface area contributed by atoms with E-state index in [1.165, 1.54) is 6.07 Å². The van der Waals surface area contributed by atoms with Gasteiger partial charge in [-0.2, -0.15) is 0 Å². The van der Waals surface area contributed by atoms with Gasteiger partial charge in [-0.05, 0) is 41.3 Å². The first kappa shape index (κ1) is 11.7. The zero-order valence-electron chi connectivity index (χ0n) is 9.61. The Balaban J connectivity index is 2.13. The summed E-state index contributed by atoms with van der Waals surface area (Å²) in [5, 5.41) is 10.6. The summed E-state index contributed by atoms with van der Waals surface area (Å²) >= 11 is 5.99. The average Bonchev–Trinajstić information content (AvgIpc) is 2.67. The lowest BCUT2D eigenvalue weighted by Crippen LogP contribution is -1.99. The maximum absolute atomic E-state index is 13.8. The molecule has 0 bridgehead atoms. The Bertz CT molecular complexity index is 597. The first-order valence-corrected chi connectivity index (χ1v) is 6.26. The molecule has 0 unspecified atom stereocenters. The molecule has 1 N–H and O–H groups in total. The van der Waals surface area contributed by atoms with Crippen LogP contribution in [-0.2, 0) is 0 Å². The summed E-state index contributed by atoms with van der Waals surface area (Å²) in [5.74, 6) is -0.350. The lowest BCUT2D eigenvalue weighted by atomic mass is 9.92. The summed E-state index contributed by atoms with van der Waals surface area (Å²) in [6.45, 7) is 0. The van der Waals surface area contributed by atoms with Crippen molar-refractivity contribution in [3.8, 4) is 0 Å². The second-order valence-corrected chi connectivity index (χ2v) is 5.04. The van der Waals surface area contributed by atoms with E-state index in [-0.39, 0.29) is 11.7 Å². The number of aliphatic hydroxyl groups excluding tert-OH is 1. The fourth-order valence-corrected chi connectivity index (χ4v) is 2.86. The van der Waals surface area contributed by atoms with Crippen LogP contribution in [0, 0.1) is 5.82 Å². The third kappa shape index (κ3) is 1.82. The lowest BCUT2D eigenvalue weighted by molar-refractivity contribution is 0.176. The molecule has 0 saturated carbocycles. The zero-order valence-corrected chi connectivity index (χ0v) is 10.4. The standard InChI is InChI=1S/C15H12ClFO/c16-9-5-6-11-12(7-9)13(8-15(11)18)10-3-1-2-4-14(10)17/h1-7,13,15,18H,8H2/t13-,15-/m1/s1. The summed E-state index contributed by atoms with van der Waals surface area (Å²) in [5.41, 5.74) is 2.41. The van der Waals surface area contributed by atoms with E-state index in [0.717, 1.165) is 11.1 Å². The van der Waals surface area contributed by atoms with Crippen molar-refractivity contribution in [2.45, 2.75) is 18.4 Å². The van der Waals surface area contributed by atoms with E-state index in [1.54, 1.807) is 18.2 Å². The molecule has 1 aliphatic carbocycles. The fourth-order valence-electron chi connectivity index (χ4n) is 2.68. The van der Waals surface area contributed by atoms with Crippen molar-refractivity contribution < 1.29 is 9.50 Å². The van der Waals surface area contributed by atoms with Gasteiger partial charge >= 0.3 is 0 Å². The molecule has 2 atom stereocenters. The molecule has 1 nitrogen and oxygen atoms in total. The Morgan fingerprint density at radius 3 is 2.61 bits per heavy atom. The van der Waals surface area contributed by atoms with E-state index in [2.05, 4.69) is 0 Å². The first-order valence-electron chi connectivity index (χ1n) is 5.88. The van der Waals surface area contributed by atoms with Crippen molar-refractivity contribution in [3.63, 3.8) is 0 Å². The highest BCUT2D eigenvalue weighted by molar-refractivity contribution is 6.30. The van der Waals surface area contributed by atoms with Crippen molar-refractivity contribution in [2.24, 2.45) is 0 Å². The summed E-state index contributed by atoms with van der Waals surface area (Å²) in [7, 11) is 0. The molecule has 92 valence electrons. The molecule has 0 spiro atoms. The molecule has 0 radical (unpaired) electrons. The summed E-state index contributed by atoms with van der Waals surface area (Å²) in [6.07, 6.45) is -0.0294. The zero-order chi connectivity index (χ0) is 12.7. The van der Waals surface area contributed by atoms with Gasteiger partial charge in [-0.1, -0.05) is 35.9 Å². The van der Waals surface area contributed by atoms with Crippen LogP contribution < -0.4 is 0 Å². The molecule has 18 heavy (non-hydrogen) atoms. The molecule has 0 amide bonds. The first-order chi connectivity index (χ1) is 8.66. The average molecular weight is 263 g/mol. The number of halogens is 2. The van der Waals surface area contributed by atoms with Crippen LogP contribution in [0.5, 0.6) is 0 Å². The molecule has 0 heterocycles. The normalized spacial score (nSPS) is 21.9. The van der Waals surface area contributed by atoms with Crippen LogP contribution in [-0.4, -0.2) is 5.11 Å². The highest BCUT2D eigenvalue weighted by Crippen LogP contribution is 2.45. The van der Waals surface area contributed by atoms with E-state index in [0.29, 0.717) is 17.0 Å². The van der Waals surface area contributed by atoms with Crippen LogP contribution in [0.2, 0.25) is 5.02 Å². The molecule has 1 aliphatic rings. The molecule has 0 aromatic heterocycles. The Morgan fingerprint density at radius 1 is 1.06 bits per heavy atom. The quantitative estimate of drug-likeness (QED) is 0.822. The van der Waals surface area contributed by atoms with Gasteiger partial charge in [0.1, 0.15) is 5.82 Å². The Morgan fingerprint density at radius 2 is 1.83 bits per heavy atom. The molecule has 3 rings (SSSR count). The van der Waals surface area contributed by atoms with E-state index in [4.69, 9.17) is 11.6 Å². The minimum atomic E-state index is -0.540. The molecule has 0 aliphatic heterocycles. The fraction of sp³-hybridized carbons (Fsp3) is 0.200. The second kappa shape index (κ2) is 4.38. The van der Waals surface area contributed by atoms with Crippen molar-refractivity contribution in [2.75, 3.05) is 0 Å². The van der Waals surface area contributed by atoms with Crippen LogP contribution in [0.25, 0.3) is 0 Å². The highest BCUT2D eigenvalue weighted by atomic mass is 35.5. The van der Waals surface area contributed by atoms with E-state index < -0.39 is 6.10 Å². The molecule has 3 heteroatoms. The van der Waals surface area contributed by atoms with E-state index in [9.17, 15) is 9.50 Å². The number of hydrogen-bond acceptors (Lipinski definition) is 1. The summed E-state index contributed by atoms with van der Waals surface area (Å²) in [6, 6.07) is 12.1. The van der Waals surface area contributed by atoms with Crippen LogP contribution in [0.15, 0.2) is 42.5 Å². The largest absolute Gasteiger partial charge is 0.388 e. The number of rotatable bonds is 1. The molecule has 2 aromatic rings. The third-order valence-corrected chi connectivity index (χ3v) is 3.76. The van der Waals surface area contributed by atoms with Crippen molar-refractivity contribution in [1.29, 1.82) is 0 Å². The van der Waals surface area contributed by atoms with Gasteiger partial charge in [0, 0.05) is 10.9 Å². The summed E-state index contributed by atoms with van der Waals surface area (Å²) < 4.78 is 13.8. The van der Waals surface area contributed by atoms with Gasteiger partial charge in [0.05, 0.1) is 6.10 Å².